The SMILES string of the molecule is CCC1(S)N=CN=C2C1=NCN2C1OC(CO)C(O)C1O. The molecular weight excluding hydrogens is 296 g/mol. The van der Waals surface area contributed by atoms with Gasteiger partial charge in [-0.2, -0.15) is 0 Å². The van der Waals surface area contributed by atoms with E-state index in [0.717, 1.165) is 0 Å². The summed E-state index contributed by atoms with van der Waals surface area (Å²) >= 11 is 4.55. The van der Waals surface area contributed by atoms with Gasteiger partial charge in [-0.15, -0.1) is 12.6 Å². The normalized spacial score (nSPS) is 42.0. The van der Waals surface area contributed by atoms with Crippen molar-refractivity contribution in [3.05, 3.63) is 0 Å². The number of rotatable bonds is 3. The Morgan fingerprint density at radius 1 is 1.48 bits per heavy atom. The molecular formula is C12H18N4O4S. The number of amidine groups is 1. The van der Waals surface area contributed by atoms with Crippen LogP contribution >= 0.6 is 12.6 Å². The summed E-state index contributed by atoms with van der Waals surface area (Å²) in [6.07, 6.45) is -1.85. The molecule has 0 amide bonds. The second-order valence-electron chi connectivity index (χ2n) is 5.21. The zero-order valence-corrected chi connectivity index (χ0v) is 12.4. The van der Waals surface area contributed by atoms with Crippen molar-refractivity contribution in [2.24, 2.45) is 15.0 Å². The minimum atomic E-state index is -1.14. The quantitative estimate of drug-likeness (QED) is 0.480. The molecule has 1 fully saturated rings. The Bertz CT molecular complexity index is 525. The van der Waals surface area contributed by atoms with E-state index in [4.69, 9.17) is 9.84 Å². The monoisotopic (exact) mass is 314 g/mol. The van der Waals surface area contributed by atoms with E-state index in [9.17, 15) is 10.2 Å². The maximum atomic E-state index is 10.1. The Hall–Kier alpha value is -1.00. The molecule has 3 aliphatic heterocycles. The summed E-state index contributed by atoms with van der Waals surface area (Å²) in [4.78, 5) is 13.8. The molecule has 0 bridgehead atoms. The van der Waals surface area contributed by atoms with E-state index < -0.39 is 29.4 Å². The fourth-order valence-corrected chi connectivity index (χ4v) is 2.92. The fourth-order valence-electron chi connectivity index (χ4n) is 2.70. The van der Waals surface area contributed by atoms with Gasteiger partial charge in [-0.05, 0) is 6.42 Å². The Labute approximate surface area is 127 Å². The summed E-state index contributed by atoms with van der Waals surface area (Å²) in [6, 6.07) is 0. The second-order valence-corrected chi connectivity index (χ2v) is 5.95. The third-order valence-electron chi connectivity index (χ3n) is 4.01. The maximum Gasteiger partial charge on any atom is 0.162 e. The number of aliphatic hydroxyl groups excluding tert-OH is 3. The van der Waals surface area contributed by atoms with Gasteiger partial charge in [0, 0.05) is 0 Å². The summed E-state index contributed by atoms with van der Waals surface area (Å²) in [5, 5.41) is 29.1. The lowest BCUT2D eigenvalue weighted by molar-refractivity contribution is -0.0688. The molecule has 5 unspecified atom stereocenters. The van der Waals surface area contributed by atoms with E-state index >= 15 is 0 Å². The van der Waals surface area contributed by atoms with E-state index in [2.05, 4.69) is 27.6 Å². The van der Waals surface area contributed by atoms with Crippen molar-refractivity contribution in [1.82, 2.24) is 4.90 Å². The van der Waals surface area contributed by atoms with Gasteiger partial charge in [0.1, 0.15) is 41.9 Å². The Kier molecular flexibility index (Phi) is 3.78. The van der Waals surface area contributed by atoms with Gasteiger partial charge in [0.05, 0.1) is 6.61 Å². The Morgan fingerprint density at radius 3 is 2.86 bits per heavy atom. The first-order valence-corrected chi connectivity index (χ1v) is 7.25. The van der Waals surface area contributed by atoms with Gasteiger partial charge in [-0.3, -0.25) is 4.99 Å². The highest BCUT2D eigenvalue weighted by Crippen LogP contribution is 2.33. The van der Waals surface area contributed by atoms with Crippen LogP contribution in [0, 0.1) is 0 Å². The van der Waals surface area contributed by atoms with E-state index in [-0.39, 0.29) is 13.3 Å². The molecule has 3 rings (SSSR count). The molecule has 0 aliphatic carbocycles. The highest BCUT2D eigenvalue weighted by molar-refractivity contribution is 7.83. The first-order valence-electron chi connectivity index (χ1n) is 6.80. The molecule has 0 radical (unpaired) electrons. The Morgan fingerprint density at radius 2 is 2.24 bits per heavy atom. The molecule has 0 aromatic heterocycles. The van der Waals surface area contributed by atoms with E-state index in [1.54, 1.807) is 4.90 Å². The van der Waals surface area contributed by atoms with E-state index in [1.807, 2.05) is 6.92 Å². The van der Waals surface area contributed by atoms with E-state index in [0.29, 0.717) is 18.0 Å². The van der Waals surface area contributed by atoms with Gasteiger partial charge in [-0.1, -0.05) is 6.92 Å². The number of thiol groups is 1. The third-order valence-corrected chi connectivity index (χ3v) is 4.66. The molecule has 3 aliphatic rings. The lowest BCUT2D eigenvalue weighted by Gasteiger charge is -2.31. The first kappa shape index (κ1) is 14.9. The van der Waals surface area contributed by atoms with E-state index in [1.165, 1.54) is 6.34 Å². The Balaban J connectivity index is 1.85. The van der Waals surface area contributed by atoms with Crippen molar-refractivity contribution in [2.75, 3.05) is 13.3 Å². The van der Waals surface area contributed by atoms with Crippen molar-refractivity contribution in [3.63, 3.8) is 0 Å². The average molecular weight is 314 g/mol. The molecule has 3 N–H and O–H groups in total. The summed E-state index contributed by atoms with van der Waals surface area (Å²) in [5.74, 6) is 0.539. The number of aliphatic hydroxyl groups is 3. The zero-order chi connectivity index (χ0) is 15.2. The summed E-state index contributed by atoms with van der Waals surface area (Å²) in [7, 11) is 0. The van der Waals surface area contributed by atoms with Crippen molar-refractivity contribution < 1.29 is 20.1 Å². The van der Waals surface area contributed by atoms with Crippen LogP contribution in [0.15, 0.2) is 15.0 Å². The van der Waals surface area contributed by atoms with Crippen LogP contribution in [0.3, 0.4) is 0 Å². The second kappa shape index (κ2) is 5.33. The third kappa shape index (κ3) is 2.20. The molecule has 0 saturated carbocycles. The minimum Gasteiger partial charge on any atom is -0.394 e. The summed E-state index contributed by atoms with van der Waals surface area (Å²) < 4.78 is 5.52. The fraction of sp³-hybridized carbons (Fsp3) is 0.750. The van der Waals surface area contributed by atoms with Crippen molar-refractivity contribution in [3.8, 4) is 0 Å². The van der Waals surface area contributed by atoms with Gasteiger partial charge < -0.3 is 25.0 Å². The van der Waals surface area contributed by atoms with Crippen LogP contribution < -0.4 is 0 Å². The molecule has 8 nitrogen and oxygen atoms in total. The van der Waals surface area contributed by atoms with Crippen molar-refractivity contribution in [1.29, 1.82) is 0 Å². The number of hydrogen-bond acceptors (Lipinski definition) is 9. The number of nitrogens with zero attached hydrogens (tertiary/aromatic N) is 4. The van der Waals surface area contributed by atoms with Crippen molar-refractivity contribution >= 4 is 30.5 Å². The first-order chi connectivity index (χ1) is 10.0. The molecule has 116 valence electrons. The average Bonchev–Trinajstić information content (AvgIpc) is 3.03. The van der Waals surface area contributed by atoms with Crippen LogP contribution in [0.2, 0.25) is 0 Å². The molecule has 0 spiro atoms. The lowest BCUT2D eigenvalue weighted by atomic mass is 10.1. The molecule has 0 aromatic rings. The highest BCUT2D eigenvalue weighted by atomic mass is 32.1. The summed E-state index contributed by atoms with van der Waals surface area (Å²) in [5.41, 5.74) is 0.633. The van der Waals surface area contributed by atoms with Crippen LogP contribution in [-0.2, 0) is 4.74 Å². The molecule has 5 atom stereocenters. The highest BCUT2D eigenvalue weighted by Gasteiger charge is 2.50. The smallest absolute Gasteiger partial charge is 0.162 e. The van der Waals surface area contributed by atoms with Gasteiger partial charge in [0.15, 0.2) is 12.1 Å². The van der Waals surface area contributed by atoms with Crippen LogP contribution in [-0.4, -0.2) is 80.8 Å². The number of aliphatic imine (C=N–C) groups is 3. The summed E-state index contributed by atoms with van der Waals surface area (Å²) in [6.45, 7) is 1.83. The van der Waals surface area contributed by atoms with Crippen LogP contribution in [0.1, 0.15) is 13.3 Å². The lowest BCUT2D eigenvalue weighted by Crippen LogP contribution is -2.50. The minimum absolute atomic E-state index is 0.242. The predicted octanol–water partition coefficient (Wildman–Crippen LogP) is -1.38. The number of ether oxygens (including phenoxy) is 1. The van der Waals surface area contributed by atoms with Crippen LogP contribution in [0.4, 0.5) is 0 Å². The molecule has 21 heavy (non-hydrogen) atoms. The maximum absolute atomic E-state index is 10.1. The molecule has 3 heterocycles. The van der Waals surface area contributed by atoms with Crippen LogP contribution in [0.5, 0.6) is 0 Å². The topological polar surface area (TPSA) is 110 Å². The molecule has 1 saturated heterocycles. The van der Waals surface area contributed by atoms with Crippen molar-refractivity contribution in [2.45, 2.75) is 42.8 Å². The van der Waals surface area contributed by atoms with Gasteiger partial charge >= 0.3 is 0 Å². The number of fused-ring (bicyclic) bond motifs is 1. The van der Waals surface area contributed by atoms with Gasteiger partial charge in [0.2, 0.25) is 0 Å². The van der Waals surface area contributed by atoms with Crippen LogP contribution in [0.25, 0.3) is 0 Å². The number of hydrogen-bond donors (Lipinski definition) is 4. The molecule has 0 aromatic carbocycles. The largest absolute Gasteiger partial charge is 0.394 e. The standard InChI is InChI=1S/C12H18N4O4S/c1-2-12(21)9-10(13-4-15-12)16(5-14-9)11-8(19)7(18)6(3-17)20-11/h4,6-8,11,17-19,21H,2-3,5H2,1H3. The zero-order valence-electron chi connectivity index (χ0n) is 11.5. The van der Waals surface area contributed by atoms with Gasteiger partial charge in [-0.25, -0.2) is 9.98 Å². The molecule has 9 heteroatoms. The van der Waals surface area contributed by atoms with Gasteiger partial charge in [0.25, 0.3) is 0 Å². The predicted molar refractivity (Wildman–Crippen MR) is 79.8 cm³/mol.